The van der Waals surface area contributed by atoms with E-state index in [0.29, 0.717) is 33.6 Å². The molecule has 1 atom stereocenters. The zero-order valence-electron chi connectivity index (χ0n) is 17.5. The van der Waals surface area contributed by atoms with Crippen molar-refractivity contribution >= 4 is 48.0 Å². The van der Waals surface area contributed by atoms with E-state index >= 15 is 0 Å². The summed E-state index contributed by atoms with van der Waals surface area (Å²) < 4.78 is 26.2. The number of halogens is 2. The number of benzene rings is 1. The summed E-state index contributed by atoms with van der Waals surface area (Å²) in [4.78, 5) is 33.1. The predicted octanol–water partition coefficient (Wildman–Crippen LogP) is 2.91. The van der Waals surface area contributed by atoms with Crippen molar-refractivity contribution in [2.75, 3.05) is 32.2 Å². The van der Waals surface area contributed by atoms with Gasteiger partial charge in [0.2, 0.25) is 5.95 Å². The standard InChI is InChI=1S/C17H20Cl2N5O7P.H3N/c1-28-32(26,27)31-30-7-6-29-5-4-24-15-14(10-21-24)22-17(23-16(15)25)20-9-11-2-3-12(18)13(19)8-11;/h2-3,8,10H,4-7,9H2,1H3,(H,26,27)(H2,20,22,23,25);1H3. The Hall–Kier alpha value is -2.06. The summed E-state index contributed by atoms with van der Waals surface area (Å²) in [6.07, 6.45) is 1.48. The molecule has 0 spiro atoms. The number of aromatic amines is 1. The molecule has 0 aliphatic carbocycles. The minimum atomic E-state index is -4.19. The molecule has 3 aromatic rings. The number of H-pyrrole nitrogens is 1. The monoisotopic (exact) mass is 524 g/mol. The molecular weight excluding hydrogens is 502 g/mol. The third kappa shape index (κ3) is 7.74. The minimum Gasteiger partial charge on any atom is -0.377 e. The Labute approximate surface area is 198 Å². The lowest BCUT2D eigenvalue weighted by atomic mass is 10.2. The van der Waals surface area contributed by atoms with Gasteiger partial charge in [0.1, 0.15) is 12.1 Å². The van der Waals surface area contributed by atoms with Gasteiger partial charge in [-0.2, -0.15) is 5.10 Å². The summed E-state index contributed by atoms with van der Waals surface area (Å²) in [6.45, 7) is 0.860. The topological polar surface area (TPSA) is 185 Å². The lowest BCUT2D eigenvalue weighted by molar-refractivity contribution is -0.230. The number of phosphoric acid groups is 1. The van der Waals surface area contributed by atoms with Crippen LogP contribution in [-0.4, -0.2) is 51.6 Å². The first kappa shape index (κ1) is 27.2. The fraction of sp³-hybridized carbons (Fsp3) is 0.353. The van der Waals surface area contributed by atoms with Crippen LogP contribution in [0.15, 0.2) is 29.2 Å². The number of hydrogen-bond acceptors (Lipinski definition) is 10. The number of fused-ring (bicyclic) bond motifs is 1. The Bertz CT molecular complexity index is 1170. The highest BCUT2D eigenvalue weighted by molar-refractivity contribution is 7.47. The second kappa shape index (κ2) is 12.4. The Balaban J connectivity index is 0.00000385. The summed E-state index contributed by atoms with van der Waals surface area (Å²) in [6, 6.07) is 5.23. The van der Waals surface area contributed by atoms with Crippen molar-refractivity contribution in [3.05, 3.63) is 50.4 Å². The number of hydrogen-bond donors (Lipinski definition) is 4. The first-order chi connectivity index (χ1) is 15.3. The van der Waals surface area contributed by atoms with Crippen molar-refractivity contribution < 1.29 is 28.3 Å². The highest BCUT2D eigenvalue weighted by Gasteiger charge is 2.19. The van der Waals surface area contributed by atoms with Crippen LogP contribution >= 0.6 is 31.0 Å². The van der Waals surface area contributed by atoms with Gasteiger partial charge in [0.25, 0.3) is 5.56 Å². The van der Waals surface area contributed by atoms with E-state index in [1.165, 1.54) is 10.9 Å². The molecule has 6 N–H and O–H groups in total. The summed E-state index contributed by atoms with van der Waals surface area (Å²) in [5.74, 6) is 0.291. The fourth-order valence-electron chi connectivity index (χ4n) is 2.57. The van der Waals surface area contributed by atoms with Crippen LogP contribution in [-0.2, 0) is 36.5 Å². The minimum absolute atomic E-state index is 0. The highest BCUT2D eigenvalue weighted by Crippen LogP contribution is 2.41. The average molecular weight is 525 g/mol. The molecule has 0 aliphatic rings. The van der Waals surface area contributed by atoms with Gasteiger partial charge in [-0.1, -0.05) is 29.3 Å². The zero-order chi connectivity index (χ0) is 23.1. The molecule has 2 aromatic heterocycles. The Morgan fingerprint density at radius 2 is 2.03 bits per heavy atom. The lowest BCUT2D eigenvalue weighted by Crippen LogP contribution is -2.18. The summed E-state index contributed by atoms with van der Waals surface area (Å²) in [5.41, 5.74) is 1.22. The van der Waals surface area contributed by atoms with Crippen LogP contribution < -0.4 is 17.0 Å². The van der Waals surface area contributed by atoms with Crippen LogP contribution in [0.4, 0.5) is 5.95 Å². The van der Waals surface area contributed by atoms with Crippen molar-refractivity contribution in [3.63, 3.8) is 0 Å². The van der Waals surface area contributed by atoms with Gasteiger partial charge in [-0.25, -0.2) is 14.4 Å². The van der Waals surface area contributed by atoms with E-state index in [4.69, 9.17) is 32.8 Å². The van der Waals surface area contributed by atoms with Gasteiger partial charge < -0.3 is 21.1 Å². The molecule has 0 saturated heterocycles. The number of anilines is 1. The van der Waals surface area contributed by atoms with Gasteiger partial charge >= 0.3 is 7.82 Å². The molecule has 1 unspecified atom stereocenters. The van der Waals surface area contributed by atoms with Crippen molar-refractivity contribution in [1.29, 1.82) is 0 Å². The molecule has 0 radical (unpaired) electrons. The molecule has 3 rings (SSSR count). The SMILES string of the molecule is COP(=O)(O)OOCCOCCn1ncc2nc(NCc3ccc(Cl)c(Cl)c3)[nH]c(=O)c21.N. The lowest BCUT2D eigenvalue weighted by Gasteiger charge is -2.09. The molecule has 0 aliphatic heterocycles. The van der Waals surface area contributed by atoms with E-state index in [-0.39, 0.29) is 38.1 Å². The molecule has 182 valence electrons. The first-order valence-corrected chi connectivity index (χ1v) is 11.5. The van der Waals surface area contributed by atoms with Gasteiger partial charge in [0, 0.05) is 13.7 Å². The Morgan fingerprint density at radius 3 is 2.76 bits per heavy atom. The van der Waals surface area contributed by atoms with Crippen LogP contribution in [0.5, 0.6) is 0 Å². The van der Waals surface area contributed by atoms with Crippen molar-refractivity contribution in [2.45, 2.75) is 13.1 Å². The van der Waals surface area contributed by atoms with Crippen molar-refractivity contribution in [1.82, 2.24) is 25.9 Å². The molecule has 1 aromatic carbocycles. The van der Waals surface area contributed by atoms with Gasteiger partial charge in [-0.15, -0.1) is 4.67 Å². The number of nitrogens with zero attached hydrogens (tertiary/aromatic N) is 3. The van der Waals surface area contributed by atoms with Gasteiger partial charge in [-0.05, 0) is 17.7 Å². The third-order valence-electron chi connectivity index (χ3n) is 4.08. The summed E-state index contributed by atoms with van der Waals surface area (Å²) in [7, 11) is -3.17. The molecular formula is C17H23Cl2N6O7P. The van der Waals surface area contributed by atoms with Crippen LogP contribution in [0.25, 0.3) is 11.0 Å². The normalized spacial score (nSPS) is 13.0. The van der Waals surface area contributed by atoms with E-state index in [0.717, 1.165) is 12.7 Å². The van der Waals surface area contributed by atoms with Gasteiger partial charge in [0.15, 0.2) is 5.52 Å². The molecule has 13 nitrogen and oxygen atoms in total. The number of nitrogens with one attached hydrogen (secondary N) is 2. The molecule has 16 heteroatoms. The van der Waals surface area contributed by atoms with E-state index < -0.39 is 7.82 Å². The second-order valence-electron chi connectivity index (χ2n) is 6.28. The van der Waals surface area contributed by atoms with Crippen molar-refractivity contribution in [3.8, 4) is 0 Å². The molecule has 0 bridgehead atoms. The van der Waals surface area contributed by atoms with Gasteiger partial charge in [0.05, 0.1) is 36.0 Å². The Morgan fingerprint density at radius 1 is 1.24 bits per heavy atom. The molecule has 0 amide bonds. The van der Waals surface area contributed by atoms with E-state index in [1.807, 2.05) is 6.07 Å². The van der Waals surface area contributed by atoms with Crippen LogP contribution in [0.3, 0.4) is 0 Å². The smallest absolute Gasteiger partial charge is 0.377 e. The second-order valence-corrected chi connectivity index (χ2v) is 8.54. The van der Waals surface area contributed by atoms with Gasteiger partial charge in [-0.3, -0.25) is 19.0 Å². The maximum Gasteiger partial charge on any atom is 0.499 e. The maximum atomic E-state index is 12.5. The van der Waals surface area contributed by atoms with Crippen LogP contribution in [0, 0.1) is 0 Å². The Kier molecular flexibility index (Phi) is 10.2. The molecule has 0 saturated carbocycles. The van der Waals surface area contributed by atoms with E-state index in [2.05, 4.69) is 34.5 Å². The number of rotatable bonds is 12. The van der Waals surface area contributed by atoms with Crippen LogP contribution in [0.2, 0.25) is 10.0 Å². The largest absolute Gasteiger partial charge is 0.499 e. The predicted molar refractivity (Wildman–Crippen MR) is 122 cm³/mol. The molecule has 2 heterocycles. The first-order valence-electron chi connectivity index (χ1n) is 9.20. The highest BCUT2D eigenvalue weighted by atomic mass is 35.5. The molecule has 0 fully saturated rings. The fourth-order valence-corrected chi connectivity index (χ4v) is 3.16. The summed E-state index contributed by atoms with van der Waals surface area (Å²) in [5, 5.41) is 8.10. The number of phosphoric ester groups is 1. The number of ether oxygens (including phenoxy) is 1. The molecule has 33 heavy (non-hydrogen) atoms. The number of aromatic nitrogens is 4. The van der Waals surface area contributed by atoms with E-state index in [9.17, 15) is 9.36 Å². The van der Waals surface area contributed by atoms with E-state index in [1.54, 1.807) is 12.1 Å². The van der Waals surface area contributed by atoms with Crippen LogP contribution in [0.1, 0.15) is 5.56 Å². The quantitative estimate of drug-likeness (QED) is 0.118. The average Bonchev–Trinajstić information content (AvgIpc) is 3.17. The maximum absolute atomic E-state index is 12.5. The third-order valence-corrected chi connectivity index (χ3v) is 5.57. The summed E-state index contributed by atoms with van der Waals surface area (Å²) >= 11 is 11.9. The van der Waals surface area contributed by atoms with Crippen molar-refractivity contribution in [2.24, 2.45) is 0 Å². The zero-order valence-corrected chi connectivity index (χ0v) is 19.9.